The van der Waals surface area contributed by atoms with E-state index in [0.717, 1.165) is 63.7 Å². The topological polar surface area (TPSA) is 153 Å². The van der Waals surface area contributed by atoms with Crippen LogP contribution >= 0.6 is 22.9 Å². The molecule has 256 valence electrons. The molecule has 14 heteroatoms. The third-order valence-electron chi connectivity index (χ3n) is 7.20. The minimum atomic E-state index is -0.281. The summed E-state index contributed by atoms with van der Waals surface area (Å²) in [5.74, 6) is 1.80. The largest absolute Gasteiger partial charge is 0.370 e. The summed E-state index contributed by atoms with van der Waals surface area (Å²) in [6.07, 6.45) is 7.95. The smallest absolute Gasteiger partial charge is 0.267 e. The highest BCUT2D eigenvalue weighted by Gasteiger charge is 2.15. The first-order chi connectivity index (χ1) is 22.6. The molecule has 12 nitrogen and oxygen atoms in total. The van der Waals surface area contributed by atoms with Crippen LogP contribution in [0.1, 0.15) is 79.3 Å². The van der Waals surface area contributed by atoms with E-state index in [2.05, 4.69) is 53.5 Å². The first-order valence-corrected chi connectivity index (χ1v) is 17.4. The van der Waals surface area contributed by atoms with Crippen LogP contribution in [-0.2, 0) is 9.59 Å². The maximum Gasteiger partial charge on any atom is 0.267 e. The summed E-state index contributed by atoms with van der Waals surface area (Å²) < 4.78 is 0. The standard InChI is InChI=1S/C33H48ClN9O3S/c1-5-12-29(44)36-16-8-6-7-15-30(45)37-18-11-20-43(4)19-10-17-35-27-21-28(40-24(3)39-27)41-33-38-22-26(47-33)32(46)42-31-23(2)13-9-14-25(31)34/h9,13-14,21-22H,5-8,10-12,15-20H2,1-4H3,(H,36,44)(H,37,45)(H,42,46)(H2,35,38,39,40,41). The molecule has 47 heavy (non-hydrogen) atoms. The molecular formula is C33H48ClN9O3S. The van der Waals surface area contributed by atoms with Crippen molar-refractivity contribution >= 4 is 63.1 Å². The average Bonchev–Trinajstić information content (AvgIpc) is 3.49. The lowest BCUT2D eigenvalue weighted by molar-refractivity contribution is -0.122. The van der Waals surface area contributed by atoms with Crippen LogP contribution < -0.4 is 26.6 Å². The highest BCUT2D eigenvalue weighted by atomic mass is 35.5. The molecule has 0 aliphatic carbocycles. The van der Waals surface area contributed by atoms with Gasteiger partial charge in [-0.1, -0.05) is 48.4 Å². The van der Waals surface area contributed by atoms with E-state index in [1.807, 2.05) is 39.0 Å². The van der Waals surface area contributed by atoms with Crippen molar-refractivity contribution in [3.63, 3.8) is 0 Å². The molecule has 0 aliphatic heterocycles. The second kappa shape index (κ2) is 20.4. The number of carbonyl (C=O) groups excluding carboxylic acids is 3. The summed E-state index contributed by atoms with van der Waals surface area (Å²) in [6.45, 7) is 9.59. The molecule has 0 atom stereocenters. The van der Waals surface area contributed by atoms with Crippen molar-refractivity contribution in [1.82, 2.24) is 30.5 Å². The van der Waals surface area contributed by atoms with Crippen molar-refractivity contribution < 1.29 is 14.4 Å². The van der Waals surface area contributed by atoms with E-state index in [-0.39, 0.29) is 17.7 Å². The molecule has 2 aromatic heterocycles. The zero-order valence-corrected chi connectivity index (χ0v) is 29.5. The number of thiazole rings is 1. The number of aromatic nitrogens is 3. The maximum absolute atomic E-state index is 12.8. The van der Waals surface area contributed by atoms with Crippen molar-refractivity contribution in [3.05, 3.63) is 51.7 Å². The van der Waals surface area contributed by atoms with Gasteiger partial charge in [-0.2, -0.15) is 0 Å². The summed E-state index contributed by atoms with van der Waals surface area (Å²) >= 11 is 7.47. The molecule has 0 unspecified atom stereocenters. The summed E-state index contributed by atoms with van der Waals surface area (Å²) in [4.78, 5) is 52.3. The molecule has 0 saturated heterocycles. The van der Waals surface area contributed by atoms with Gasteiger partial charge in [-0.05, 0) is 77.7 Å². The number of nitrogens with zero attached hydrogens (tertiary/aromatic N) is 4. The van der Waals surface area contributed by atoms with Crippen LogP contribution in [0.4, 0.5) is 22.5 Å². The van der Waals surface area contributed by atoms with Crippen LogP contribution in [0, 0.1) is 13.8 Å². The van der Waals surface area contributed by atoms with E-state index in [1.165, 1.54) is 17.5 Å². The van der Waals surface area contributed by atoms with Crippen LogP contribution in [0.2, 0.25) is 5.02 Å². The lowest BCUT2D eigenvalue weighted by Crippen LogP contribution is -2.29. The number of halogens is 1. The van der Waals surface area contributed by atoms with Gasteiger partial charge >= 0.3 is 0 Å². The van der Waals surface area contributed by atoms with Gasteiger partial charge in [0.05, 0.1) is 16.9 Å². The van der Waals surface area contributed by atoms with Gasteiger partial charge in [0.1, 0.15) is 22.3 Å². The van der Waals surface area contributed by atoms with Crippen molar-refractivity contribution in [2.45, 2.75) is 72.1 Å². The van der Waals surface area contributed by atoms with Gasteiger partial charge in [0.2, 0.25) is 11.8 Å². The predicted octanol–water partition coefficient (Wildman–Crippen LogP) is 5.92. The molecular weight excluding hydrogens is 638 g/mol. The predicted molar refractivity (Wildman–Crippen MR) is 191 cm³/mol. The molecule has 0 fully saturated rings. The van der Waals surface area contributed by atoms with Gasteiger partial charge in [0.25, 0.3) is 5.91 Å². The summed E-state index contributed by atoms with van der Waals surface area (Å²) in [5.41, 5.74) is 1.47. The van der Waals surface area contributed by atoms with Crippen molar-refractivity contribution in [2.75, 3.05) is 55.7 Å². The Balaban J connectivity index is 1.29. The van der Waals surface area contributed by atoms with Gasteiger partial charge < -0.3 is 31.5 Å². The van der Waals surface area contributed by atoms with Crippen LogP contribution in [0.3, 0.4) is 0 Å². The molecule has 0 spiro atoms. The Kier molecular flexibility index (Phi) is 16.4. The average molecular weight is 686 g/mol. The van der Waals surface area contributed by atoms with E-state index in [9.17, 15) is 14.4 Å². The number of hydrogen-bond donors (Lipinski definition) is 5. The Bertz CT molecular complexity index is 1430. The quantitative estimate of drug-likeness (QED) is 0.0861. The lowest BCUT2D eigenvalue weighted by Gasteiger charge is -2.17. The van der Waals surface area contributed by atoms with Crippen LogP contribution in [0.15, 0.2) is 30.5 Å². The second-order valence-corrected chi connectivity index (χ2v) is 12.9. The minimum Gasteiger partial charge on any atom is -0.370 e. The number of rotatable bonds is 21. The molecule has 5 N–H and O–H groups in total. The molecule has 3 rings (SSSR count). The number of carbonyl (C=O) groups is 3. The van der Waals surface area contributed by atoms with Gasteiger partial charge in [-0.25, -0.2) is 15.0 Å². The Morgan fingerprint density at radius 3 is 2.34 bits per heavy atom. The van der Waals surface area contributed by atoms with Gasteiger partial charge in [0, 0.05) is 38.5 Å². The fourth-order valence-electron chi connectivity index (χ4n) is 4.71. The minimum absolute atomic E-state index is 0.0881. The SMILES string of the molecule is CCCC(=O)NCCCCCC(=O)NCCCN(C)CCCNc1cc(Nc2ncc(C(=O)Nc3c(C)cccc3Cl)s2)nc(C)n1. The van der Waals surface area contributed by atoms with E-state index in [4.69, 9.17) is 11.6 Å². The van der Waals surface area contributed by atoms with Gasteiger partial charge in [-0.3, -0.25) is 14.4 Å². The summed E-state index contributed by atoms with van der Waals surface area (Å²) in [5, 5.41) is 16.3. The van der Waals surface area contributed by atoms with E-state index >= 15 is 0 Å². The molecule has 0 radical (unpaired) electrons. The first-order valence-electron chi connectivity index (χ1n) is 16.3. The van der Waals surface area contributed by atoms with Crippen molar-refractivity contribution in [3.8, 4) is 0 Å². The van der Waals surface area contributed by atoms with E-state index < -0.39 is 0 Å². The van der Waals surface area contributed by atoms with Gasteiger partial charge in [-0.15, -0.1) is 0 Å². The van der Waals surface area contributed by atoms with Crippen LogP contribution in [0.25, 0.3) is 0 Å². The Hall–Kier alpha value is -3.81. The number of para-hydroxylation sites is 1. The molecule has 3 aromatic rings. The van der Waals surface area contributed by atoms with Gasteiger partial charge in [0.15, 0.2) is 5.13 Å². The normalized spacial score (nSPS) is 10.9. The zero-order chi connectivity index (χ0) is 34.0. The number of nitrogens with one attached hydrogen (secondary N) is 5. The molecule has 2 heterocycles. The van der Waals surface area contributed by atoms with Crippen molar-refractivity contribution in [2.24, 2.45) is 0 Å². The van der Waals surface area contributed by atoms with E-state index in [1.54, 1.807) is 6.07 Å². The number of aryl methyl sites for hydroxylation is 2. The van der Waals surface area contributed by atoms with E-state index in [0.29, 0.717) is 64.1 Å². The maximum atomic E-state index is 12.8. The van der Waals surface area contributed by atoms with Crippen LogP contribution in [-0.4, -0.2) is 77.3 Å². The molecule has 3 amide bonds. The third-order valence-corrected chi connectivity index (χ3v) is 8.43. The summed E-state index contributed by atoms with van der Waals surface area (Å²) in [7, 11) is 2.08. The number of anilines is 4. The third kappa shape index (κ3) is 14.2. The second-order valence-electron chi connectivity index (χ2n) is 11.4. The number of amides is 3. The fraction of sp³-hybridized carbons (Fsp3) is 0.515. The van der Waals surface area contributed by atoms with Crippen LogP contribution in [0.5, 0.6) is 0 Å². The summed E-state index contributed by atoms with van der Waals surface area (Å²) in [6, 6.07) is 7.28. The number of hydrogen-bond acceptors (Lipinski definition) is 10. The molecule has 0 bridgehead atoms. The Morgan fingerprint density at radius 2 is 1.60 bits per heavy atom. The fourth-order valence-corrected chi connectivity index (χ4v) is 5.69. The molecule has 0 saturated carbocycles. The highest BCUT2D eigenvalue weighted by Crippen LogP contribution is 2.28. The highest BCUT2D eigenvalue weighted by molar-refractivity contribution is 7.17. The Labute approximate surface area is 286 Å². The monoisotopic (exact) mass is 685 g/mol. The number of benzene rings is 1. The first kappa shape index (κ1) is 37.6. The molecule has 0 aliphatic rings. The Morgan fingerprint density at radius 1 is 0.894 bits per heavy atom. The van der Waals surface area contributed by atoms with Crippen molar-refractivity contribution in [1.29, 1.82) is 0 Å². The number of unbranched alkanes of at least 4 members (excludes halogenated alkanes) is 2. The zero-order valence-electron chi connectivity index (χ0n) is 27.9. The molecule has 1 aromatic carbocycles. The lowest BCUT2D eigenvalue weighted by atomic mass is 10.2.